The van der Waals surface area contributed by atoms with Gasteiger partial charge in [0, 0.05) is 25.3 Å². The van der Waals surface area contributed by atoms with Crippen LogP contribution in [0.5, 0.6) is 0 Å². The molecule has 0 amide bonds. The highest BCUT2D eigenvalue weighted by Gasteiger charge is 2.42. The van der Waals surface area contributed by atoms with Crippen LogP contribution < -0.4 is 0 Å². The molecule has 154 valence electrons. The summed E-state index contributed by atoms with van der Waals surface area (Å²) in [5.74, 6) is 2.37. The topological polar surface area (TPSA) is 44.8 Å². The average molecular weight is 403 g/mol. The number of hydrogen-bond donors (Lipinski definition) is 0. The Morgan fingerprint density at radius 1 is 1.11 bits per heavy atom. The van der Waals surface area contributed by atoms with Gasteiger partial charge in [-0.05, 0) is 42.2 Å². The van der Waals surface area contributed by atoms with Crippen molar-refractivity contribution < 1.29 is 18.7 Å². The van der Waals surface area contributed by atoms with Crippen LogP contribution in [0.2, 0.25) is 18.1 Å². The minimum atomic E-state index is -1.90. The zero-order valence-electron chi connectivity index (χ0n) is 18.1. The number of benzene rings is 1. The molecule has 1 aromatic carbocycles. The smallest absolute Gasteiger partial charge is 0.302 e. The molecule has 0 N–H and O–H groups in total. The van der Waals surface area contributed by atoms with Crippen molar-refractivity contribution in [3.63, 3.8) is 0 Å². The molecule has 1 aliphatic rings. The first-order chi connectivity index (χ1) is 13.0. The van der Waals surface area contributed by atoms with Gasteiger partial charge in [-0.25, -0.2) is 0 Å². The van der Waals surface area contributed by atoms with E-state index in [1.54, 1.807) is 0 Å². The largest absolute Gasteiger partial charge is 0.462 e. The molecule has 1 aliphatic carbocycles. The maximum Gasteiger partial charge on any atom is 0.302 e. The maximum atomic E-state index is 11.5. The monoisotopic (exact) mass is 402 g/mol. The van der Waals surface area contributed by atoms with Crippen molar-refractivity contribution >= 4 is 14.3 Å². The Morgan fingerprint density at radius 2 is 1.68 bits per heavy atom. The predicted octanol–water partition coefficient (Wildman–Crippen LogP) is 5.06. The van der Waals surface area contributed by atoms with E-state index in [0.29, 0.717) is 13.0 Å². The van der Waals surface area contributed by atoms with Gasteiger partial charge in [0.2, 0.25) is 0 Å². The second-order valence-electron chi connectivity index (χ2n) is 9.21. The fourth-order valence-electron chi connectivity index (χ4n) is 3.24. The van der Waals surface area contributed by atoms with E-state index in [2.05, 4.69) is 39.8 Å². The Balaban J connectivity index is 2.03. The van der Waals surface area contributed by atoms with Crippen molar-refractivity contribution in [2.75, 3.05) is 0 Å². The van der Waals surface area contributed by atoms with Gasteiger partial charge in [-0.15, -0.1) is 6.42 Å². The molecule has 1 aromatic rings. The highest BCUT2D eigenvalue weighted by atomic mass is 28.4. The minimum Gasteiger partial charge on any atom is -0.462 e. The van der Waals surface area contributed by atoms with Crippen LogP contribution >= 0.6 is 0 Å². The molecular weight excluding hydrogens is 368 g/mol. The third kappa shape index (κ3) is 6.48. The molecular formula is C23H34O4Si. The zero-order chi connectivity index (χ0) is 20.9. The lowest BCUT2D eigenvalue weighted by molar-refractivity contribution is -0.153. The van der Waals surface area contributed by atoms with Crippen LogP contribution in [0.4, 0.5) is 0 Å². The standard InChI is InChI=1S/C23H34O4Si/c1-8-18-9-11-19(12-10-18)16-25-20-13-21(26-17(2)24)15-22(14-20)27-28(6,7)23(3,4)5/h1,9-12,20-22H,13-16H2,2-7H3/t20-,21-,22-/m1/s1. The Kier molecular flexibility index (Phi) is 7.50. The van der Waals surface area contributed by atoms with Crippen LogP contribution in [0.25, 0.3) is 0 Å². The maximum absolute atomic E-state index is 11.5. The van der Waals surface area contributed by atoms with Crippen LogP contribution in [0.3, 0.4) is 0 Å². The third-order valence-electron chi connectivity index (χ3n) is 5.78. The molecule has 0 aromatic heterocycles. The number of esters is 1. The van der Waals surface area contributed by atoms with Crippen molar-refractivity contribution in [1.29, 1.82) is 0 Å². The first-order valence-corrected chi connectivity index (χ1v) is 12.9. The Bertz CT molecular complexity index is 697. The molecule has 0 unspecified atom stereocenters. The Hall–Kier alpha value is -1.61. The molecule has 5 heteroatoms. The molecule has 0 spiro atoms. The molecule has 0 saturated heterocycles. The summed E-state index contributed by atoms with van der Waals surface area (Å²) in [4.78, 5) is 11.5. The van der Waals surface area contributed by atoms with Crippen molar-refractivity contribution in [3.05, 3.63) is 35.4 Å². The van der Waals surface area contributed by atoms with E-state index in [1.165, 1.54) is 6.92 Å². The lowest BCUT2D eigenvalue weighted by atomic mass is 9.92. The summed E-state index contributed by atoms with van der Waals surface area (Å²) in [5.41, 5.74) is 1.94. The Labute approximate surface area is 171 Å². The number of rotatable bonds is 6. The van der Waals surface area contributed by atoms with Gasteiger partial charge in [-0.1, -0.05) is 38.8 Å². The van der Waals surface area contributed by atoms with E-state index in [4.69, 9.17) is 20.3 Å². The molecule has 0 radical (unpaired) electrons. The third-order valence-corrected chi connectivity index (χ3v) is 10.3. The van der Waals surface area contributed by atoms with Crippen LogP contribution in [-0.2, 0) is 25.3 Å². The van der Waals surface area contributed by atoms with Gasteiger partial charge in [-0.2, -0.15) is 0 Å². The molecule has 4 nitrogen and oxygen atoms in total. The van der Waals surface area contributed by atoms with Gasteiger partial charge in [0.1, 0.15) is 6.10 Å². The number of carbonyl (C=O) groups is 1. The number of carbonyl (C=O) groups excluding carboxylic acids is 1. The van der Waals surface area contributed by atoms with Crippen molar-refractivity contribution in [1.82, 2.24) is 0 Å². The van der Waals surface area contributed by atoms with Gasteiger partial charge in [0.05, 0.1) is 18.8 Å². The zero-order valence-corrected chi connectivity index (χ0v) is 19.1. The molecule has 0 aliphatic heterocycles. The van der Waals surface area contributed by atoms with Crippen LogP contribution in [0.15, 0.2) is 24.3 Å². The quantitative estimate of drug-likeness (QED) is 0.379. The lowest BCUT2D eigenvalue weighted by Crippen LogP contribution is -2.48. The van der Waals surface area contributed by atoms with Crippen LogP contribution in [0.1, 0.15) is 58.1 Å². The van der Waals surface area contributed by atoms with Gasteiger partial charge >= 0.3 is 5.97 Å². The van der Waals surface area contributed by atoms with E-state index >= 15 is 0 Å². The van der Waals surface area contributed by atoms with Crippen LogP contribution in [-0.4, -0.2) is 32.6 Å². The predicted molar refractivity (Wildman–Crippen MR) is 114 cm³/mol. The summed E-state index contributed by atoms with van der Waals surface area (Å²) in [6.07, 6.45) is 7.57. The highest BCUT2D eigenvalue weighted by Crippen LogP contribution is 2.39. The first-order valence-electron chi connectivity index (χ1n) is 10.0. The van der Waals surface area contributed by atoms with Crippen molar-refractivity contribution in [3.8, 4) is 12.3 Å². The van der Waals surface area contributed by atoms with E-state index in [9.17, 15) is 4.79 Å². The normalized spacial score (nSPS) is 23.1. The van der Waals surface area contributed by atoms with Crippen LogP contribution in [0, 0.1) is 12.3 Å². The van der Waals surface area contributed by atoms with Gasteiger partial charge in [0.25, 0.3) is 0 Å². The Morgan fingerprint density at radius 3 is 2.21 bits per heavy atom. The fourth-order valence-corrected chi connectivity index (χ4v) is 4.62. The number of terminal acetylenes is 1. The SMILES string of the molecule is C#Cc1ccc(CO[C@@H]2C[C@@H](OC(C)=O)C[C@H](O[Si](C)(C)C(C)(C)C)C2)cc1. The summed E-state index contributed by atoms with van der Waals surface area (Å²) in [7, 11) is -1.90. The van der Waals surface area contributed by atoms with Gasteiger partial charge < -0.3 is 13.9 Å². The van der Waals surface area contributed by atoms with E-state index in [1.807, 2.05) is 24.3 Å². The molecule has 1 saturated carbocycles. The molecule has 0 heterocycles. The summed E-state index contributed by atoms with van der Waals surface area (Å²) < 4.78 is 18.3. The van der Waals surface area contributed by atoms with Gasteiger partial charge in [0.15, 0.2) is 8.32 Å². The minimum absolute atomic E-state index is 0.000165. The summed E-state index contributed by atoms with van der Waals surface area (Å²) in [6, 6.07) is 7.82. The molecule has 28 heavy (non-hydrogen) atoms. The number of ether oxygens (including phenoxy) is 2. The summed E-state index contributed by atoms with van der Waals surface area (Å²) in [5, 5.41) is 0.135. The van der Waals surface area contributed by atoms with Crippen molar-refractivity contribution in [2.24, 2.45) is 0 Å². The highest BCUT2D eigenvalue weighted by molar-refractivity contribution is 6.74. The average Bonchev–Trinajstić information content (AvgIpc) is 2.58. The van der Waals surface area contributed by atoms with E-state index in [-0.39, 0.29) is 29.3 Å². The van der Waals surface area contributed by atoms with Crippen molar-refractivity contribution in [2.45, 2.75) is 90.0 Å². The summed E-state index contributed by atoms with van der Waals surface area (Å²) >= 11 is 0. The molecule has 0 bridgehead atoms. The number of hydrogen-bond acceptors (Lipinski definition) is 4. The van der Waals surface area contributed by atoms with E-state index < -0.39 is 8.32 Å². The molecule has 3 atom stereocenters. The summed E-state index contributed by atoms with van der Waals surface area (Å²) in [6.45, 7) is 13.2. The fraction of sp³-hybridized carbons (Fsp3) is 0.609. The second kappa shape index (κ2) is 9.26. The van der Waals surface area contributed by atoms with E-state index in [0.717, 1.165) is 24.0 Å². The second-order valence-corrected chi connectivity index (χ2v) is 14.0. The van der Waals surface area contributed by atoms with Gasteiger partial charge in [-0.3, -0.25) is 4.79 Å². The molecule has 2 rings (SSSR count). The lowest BCUT2D eigenvalue weighted by Gasteiger charge is -2.43. The molecule has 1 fully saturated rings. The first kappa shape index (κ1) is 22.7.